The van der Waals surface area contributed by atoms with Gasteiger partial charge in [-0.15, -0.1) is 0 Å². The second kappa shape index (κ2) is 7.11. The molecule has 1 N–H and O–H groups in total. The molecular weight excluding hydrogens is 224 g/mol. The number of hydrogen-bond acceptors (Lipinski definition) is 5. The Labute approximate surface area is 102 Å². The van der Waals surface area contributed by atoms with Crippen molar-refractivity contribution in [1.82, 2.24) is 10.2 Å². The summed E-state index contributed by atoms with van der Waals surface area (Å²) >= 11 is 0. The predicted molar refractivity (Wildman–Crippen MR) is 63.7 cm³/mol. The molecule has 17 heavy (non-hydrogen) atoms. The van der Waals surface area contributed by atoms with Crippen LogP contribution in [-0.2, 0) is 14.3 Å². The van der Waals surface area contributed by atoms with E-state index in [9.17, 15) is 9.59 Å². The normalized spacial score (nSPS) is 10.9. The van der Waals surface area contributed by atoms with E-state index in [-0.39, 0.29) is 13.2 Å². The first-order valence-corrected chi connectivity index (χ1v) is 5.50. The second-order valence-corrected chi connectivity index (χ2v) is 4.66. The van der Waals surface area contributed by atoms with Crippen LogP contribution in [0.5, 0.6) is 0 Å². The first-order valence-electron chi connectivity index (χ1n) is 5.50. The molecule has 0 saturated heterocycles. The molecule has 0 aliphatic heterocycles. The van der Waals surface area contributed by atoms with E-state index in [2.05, 4.69) is 5.32 Å². The van der Waals surface area contributed by atoms with Crippen molar-refractivity contribution in [3.63, 3.8) is 0 Å². The van der Waals surface area contributed by atoms with Gasteiger partial charge in [0, 0.05) is 13.6 Å². The molecule has 0 radical (unpaired) electrons. The van der Waals surface area contributed by atoms with Gasteiger partial charge in [-0.1, -0.05) is 0 Å². The molecule has 6 heteroatoms. The number of hydrogen-bond donors (Lipinski definition) is 1. The Bertz CT molecular complexity index is 261. The lowest BCUT2D eigenvalue weighted by molar-refractivity contribution is -0.144. The number of esters is 1. The van der Waals surface area contributed by atoms with E-state index >= 15 is 0 Å². The summed E-state index contributed by atoms with van der Waals surface area (Å²) in [4.78, 5) is 24.0. The summed E-state index contributed by atoms with van der Waals surface area (Å²) in [6.45, 7) is 6.07. The molecule has 0 fully saturated rings. The average molecular weight is 246 g/mol. The largest absolute Gasteiger partial charge is 0.463 e. The van der Waals surface area contributed by atoms with E-state index in [1.807, 2.05) is 0 Å². The minimum absolute atomic E-state index is 0.112. The molecule has 100 valence electrons. The molecule has 0 aromatic rings. The number of rotatable bonds is 5. The molecule has 0 aliphatic carbocycles. The van der Waals surface area contributed by atoms with Gasteiger partial charge >= 0.3 is 12.1 Å². The van der Waals surface area contributed by atoms with Gasteiger partial charge in [0.15, 0.2) is 0 Å². The van der Waals surface area contributed by atoms with E-state index < -0.39 is 17.7 Å². The predicted octanol–water partition coefficient (Wildman–Crippen LogP) is 0.616. The summed E-state index contributed by atoms with van der Waals surface area (Å²) in [5.41, 5.74) is -0.568. The highest BCUT2D eigenvalue weighted by atomic mass is 16.6. The highest BCUT2D eigenvalue weighted by molar-refractivity contribution is 5.77. The van der Waals surface area contributed by atoms with Crippen LogP contribution in [0.1, 0.15) is 20.8 Å². The SMILES string of the molecule is CNCCOC(=O)CN(C)C(=O)OC(C)(C)C. The molecule has 0 atom stereocenters. The minimum Gasteiger partial charge on any atom is -0.463 e. The molecule has 1 amide bonds. The van der Waals surface area contributed by atoms with Gasteiger partial charge in [-0.3, -0.25) is 4.79 Å². The topological polar surface area (TPSA) is 67.9 Å². The van der Waals surface area contributed by atoms with Crippen LogP contribution < -0.4 is 5.32 Å². The minimum atomic E-state index is -0.568. The van der Waals surface area contributed by atoms with Crippen molar-refractivity contribution >= 4 is 12.1 Å². The third kappa shape index (κ3) is 8.50. The smallest absolute Gasteiger partial charge is 0.410 e. The van der Waals surface area contributed by atoms with Gasteiger partial charge in [0.25, 0.3) is 0 Å². The van der Waals surface area contributed by atoms with E-state index in [0.29, 0.717) is 6.54 Å². The van der Waals surface area contributed by atoms with Crippen LogP contribution in [0.25, 0.3) is 0 Å². The second-order valence-electron chi connectivity index (χ2n) is 4.66. The van der Waals surface area contributed by atoms with E-state index in [1.54, 1.807) is 27.8 Å². The van der Waals surface area contributed by atoms with Crippen molar-refractivity contribution in [2.45, 2.75) is 26.4 Å². The molecule has 0 aliphatic rings. The summed E-state index contributed by atoms with van der Waals surface area (Å²) in [6, 6.07) is 0. The van der Waals surface area contributed by atoms with Gasteiger partial charge in [-0.2, -0.15) is 0 Å². The monoisotopic (exact) mass is 246 g/mol. The van der Waals surface area contributed by atoms with Crippen LogP contribution >= 0.6 is 0 Å². The van der Waals surface area contributed by atoms with Crippen molar-refractivity contribution in [2.24, 2.45) is 0 Å². The van der Waals surface area contributed by atoms with Crippen molar-refractivity contribution in [3.05, 3.63) is 0 Å². The molecule has 0 rings (SSSR count). The van der Waals surface area contributed by atoms with Crippen molar-refractivity contribution < 1.29 is 19.1 Å². The molecule has 0 aromatic heterocycles. The number of ether oxygens (including phenoxy) is 2. The van der Waals surface area contributed by atoms with Crippen LogP contribution in [0, 0.1) is 0 Å². The van der Waals surface area contributed by atoms with Gasteiger partial charge < -0.3 is 19.7 Å². The number of carbonyl (C=O) groups is 2. The van der Waals surface area contributed by atoms with Gasteiger partial charge in [0.05, 0.1) is 0 Å². The highest BCUT2D eigenvalue weighted by Gasteiger charge is 2.21. The Morgan fingerprint density at radius 2 is 1.88 bits per heavy atom. The van der Waals surface area contributed by atoms with Gasteiger partial charge in [0.1, 0.15) is 18.8 Å². The van der Waals surface area contributed by atoms with E-state index in [1.165, 1.54) is 11.9 Å². The van der Waals surface area contributed by atoms with E-state index in [4.69, 9.17) is 9.47 Å². The van der Waals surface area contributed by atoms with E-state index in [0.717, 1.165) is 0 Å². The third-order valence-corrected chi connectivity index (χ3v) is 1.69. The van der Waals surface area contributed by atoms with Crippen molar-refractivity contribution in [1.29, 1.82) is 0 Å². The fraction of sp³-hybridized carbons (Fsp3) is 0.818. The zero-order valence-corrected chi connectivity index (χ0v) is 11.2. The van der Waals surface area contributed by atoms with Crippen molar-refractivity contribution in [3.8, 4) is 0 Å². The molecule has 0 bridgehead atoms. The maximum atomic E-state index is 11.5. The summed E-state index contributed by atoms with van der Waals surface area (Å²) in [6.07, 6.45) is -0.539. The summed E-state index contributed by atoms with van der Waals surface area (Å²) in [5, 5.41) is 2.85. The molecule has 0 saturated carbocycles. The lowest BCUT2D eigenvalue weighted by atomic mass is 10.2. The lowest BCUT2D eigenvalue weighted by Crippen LogP contribution is -2.38. The number of likely N-dealkylation sites (N-methyl/N-ethyl adjacent to an activating group) is 2. The number of carbonyl (C=O) groups excluding carboxylic acids is 2. The Morgan fingerprint density at radius 1 is 1.29 bits per heavy atom. The van der Waals surface area contributed by atoms with Crippen LogP contribution in [-0.4, -0.2) is 56.4 Å². The third-order valence-electron chi connectivity index (χ3n) is 1.69. The quantitative estimate of drug-likeness (QED) is 0.569. The molecule has 0 aromatic carbocycles. The van der Waals surface area contributed by atoms with Crippen molar-refractivity contribution in [2.75, 3.05) is 33.8 Å². The maximum Gasteiger partial charge on any atom is 0.410 e. The lowest BCUT2D eigenvalue weighted by Gasteiger charge is -2.24. The first-order chi connectivity index (χ1) is 7.76. The number of amides is 1. The fourth-order valence-electron chi connectivity index (χ4n) is 0.911. The van der Waals surface area contributed by atoms with Crippen LogP contribution in [0.2, 0.25) is 0 Å². The van der Waals surface area contributed by atoms with Gasteiger partial charge in [-0.25, -0.2) is 4.79 Å². The van der Waals surface area contributed by atoms with Gasteiger partial charge in [0.2, 0.25) is 0 Å². The maximum absolute atomic E-state index is 11.5. The van der Waals surface area contributed by atoms with Crippen LogP contribution in [0.15, 0.2) is 0 Å². The fourth-order valence-corrected chi connectivity index (χ4v) is 0.911. The molecule has 0 heterocycles. The highest BCUT2D eigenvalue weighted by Crippen LogP contribution is 2.08. The zero-order chi connectivity index (χ0) is 13.5. The Balaban J connectivity index is 3.95. The zero-order valence-electron chi connectivity index (χ0n) is 11.2. The van der Waals surface area contributed by atoms with Crippen LogP contribution in [0.3, 0.4) is 0 Å². The Hall–Kier alpha value is -1.30. The Kier molecular flexibility index (Phi) is 6.57. The molecule has 0 spiro atoms. The molecule has 6 nitrogen and oxygen atoms in total. The average Bonchev–Trinajstić information content (AvgIpc) is 2.15. The summed E-state index contributed by atoms with van der Waals surface area (Å²) < 4.78 is 9.98. The molecule has 0 unspecified atom stereocenters. The number of nitrogens with zero attached hydrogens (tertiary/aromatic N) is 1. The number of nitrogens with one attached hydrogen (secondary N) is 1. The summed E-state index contributed by atoms with van der Waals surface area (Å²) in [7, 11) is 3.26. The first kappa shape index (κ1) is 15.7. The van der Waals surface area contributed by atoms with Gasteiger partial charge in [-0.05, 0) is 27.8 Å². The summed E-state index contributed by atoms with van der Waals surface area (Å²) in [5.74, 6) is -0.450. The molecular formula is C11H22N2O4. The standard InChI is InChI=1S/C11H22N2O4/c1-11(2,3)17-10(15)13(5)8-9(14)16-7-6-12-4/h12H,6-8H2,1-5H3. The van der Waals surface area contributed by atoms with Crippen LogP contribution in [0.4, 0.5) is 4.79 Å². The Morgan fingerprint density at radius 3 is 2.35 bits per heavy atom.